The van der Waals surface area contributed by atoms with E-state index in [4.69, 9.17) is 9.84 Å². The van der Waals surface area contributed by atoms with Crippen molar-refractivity contribution >= 4 is 11.9 Å². The van der Waals surface area contributed by atoms with Gasteiger partial charge in [0.15, 0.2) is 0 Å². The molecule has 1 heterocycles. The van der Waals surface area contributed by atoms with Crippen LogP contribution in [0.4, 0.5) is 0 Å². The number of carboxylic acids is 1. The van der Waals surface area contributed by atoms with Crippen LogP contribution in [-0.4, -0.2) is 27.6 Å². The molecule has 1 aromatic heterocycles. The topological polar surface area (TPSA) is 79.4 Å². The fourth-order valence-electron chi connectivity index (χ4n) is 1.43. The largest absolute Gasteiger partial charge is 0.478 e. The van der Waals surface area contributed by atoms with Gasteiger partial charge in [0.1, 0.15) is 5.60 Å². The Morgan fingerprint density at radius 1 is 1.41 bits per heavy atom. The minimum Gasteiger partial charge on any atom is -0.478 e. The minimum atomic E-state index is -0.995. The number of aromatic carboxylic acids is 1. The van der Waals surface area contributed by atoms with E-state index in [0.29, 0.717) is 12.1 Å². The van der Waals surface area contributed by atoms with Crippen molar-refractivity contribution in [3.05, 3.63) is 23.5 Å². The molecule has 5 heteroatoms. The SMILES string of the molecule is CC(C)(C)OC(=O)CCc1[nH]ccc1C(=O)O. The molecular weight excluding hydrogens is 222 g/mol. The van der Waals surface area contributed by atoms with Gasteiger partial charge in [-0.25, -0.2) is 4.79 Å². The number of hydrogen-bond donors (Lipinski definition) is 2. The molecule has 0 aliphatic rings. The lowest BCUT2D eigenvalue weighted by molar-refractivity contribution is -0.154. The number of aryl methyl sites for hydroxylation is 1. The summed E-state index contributed by atoms with van der Waals surface area (Å²) in [5.41, 5.74) is 0.236. The van der Waals surface area contributed by atoms with Gasteiger partial charge >= 0.3 is 11.9 Å². The molecule has 94 valence electrons. The third-order valence-electron chi connectivity index (χ3n) is 2.06. The zero-order chi connectivity index (χ0) is 13.1. The summed E-state index contributed by atoms with van der Waals surface area (Å²) >= 11 is 0. The number of aromatic amines is 1. The number of rotatable bonds is 4. The molecule has 0 fully saturated rings. The number of aromatic nitrogens is 1. The minimum absolute atomic E-state index is 0.165. The predicted molar refractivity (Wildman–Crippen MR) is 61.9 cm³/mol. The average Bonchev–Trinajstić information content (AvgIpc) is 2.59. The lowest BCUT2D eigenvalue weighted by Gasteiger charge is -2.19. The summed E-state index contributed by atoms with van der Waals surface area (Å²) in [6.45, 7) is 5.38. The van der Waals surface area contributed by atoms with Crippen LogP contribution < -0.4 is 0 Å². The van der Waals surface area contributed by atoms with Crippen LogP contribution in [0.2, 0.25) is 0 Å². The molecule has 0 saturated carbocycles. The molecule has 0 saturated heterocycles. The van der Waals surface area contributed by atoms with Crippen LogP contribution in [0.15, 0.2) is 12.3 Å². The molecular formula is C12H17NO4. The van der Waals surface area contributed by atoms with Crippen molar-refractivity contribution in [3.63, 3.8) is 0 Å². The van der Waals surface area contributed by atoms with E-state index < -0.39 is 11.6 Å². The Hall–Kier alpha value is -1.78. The number of hydrogen-bond acceptors (Lipinski definition) is 3. The highest BCUT2D eigenvalue weighted by molar-refractivity contribution is 5.89. The van der Waals surface area contributed by atoms with Gasteiger partial charge in [-0.2, -0.15) is 0 Å². The molecule has 0 aliphatic carbocycles. The second-order valence-electron chi connectivity index (χ2n) is 4.76. The first-order valence-electron chi connectivity index (χ1n) is 5.41. The van der Waals surface area contributed by atoms with Crippen molar-refractivity contribution in [2.45, 2.75) is 39.2 Å². The monoisotopic (exact) mass is 239 g/mol. The van der Waals surface area contributed by atoms with Crippen molar-refractivity contribution in [2.24, 2.45) is 0 Å². The smallest absolute Gasteiger partial charge is 0.337 e. The normalized spacial score (nSPS) is 11.2. The summed E-state index contributed by atoms with van der Waals surface area (Å²) < 4.78 is 5.14. The third-order valence-corrected chi connectivity index (χ3v) is 2.06. The second kappa shape index (κ2) is 5.03. The van der Waals surface area contributed by atoms with Gasteiger partial charge in [-0.3, -0.25) is 4.79 Å². The van der Waals surface area contributed by atoms with E-state index in [9.17, 15) is 9.59 Å². The Balaban J connectivity index is 2.53. The number of ether oxygens (including phenoxy) is 1. The van der Waals surface area contributed by atoms with E-state index in [1.165, 1.54) is 6.07 Å². The van der Waals surface area contributed by atoms with Gasteiger partial charge < -0.3 is 14.8 Å². The molecule has 0 spiro atoms. The standard InChI is InChI=1S/C12H17NO4/c1-12(2,3)17-10(14)5-4-9-8(11(15)16)6-7-13-9/h6-7,13H,4-5H2,1-3H3,(H,15,16). The number of esters is 1. The highest BCUT2D eigenvalue weighted by Crippen LogP contribution is 2.12. The molecule has 1 aromatic rings. The molecule has 0 amide bonds. The fourth-order valence-corrected chi connectivity index (χ4v) is 1.43. The molecule has 5 nitrogen and oxygen atoms in total. The Bertz CT molecular complexity index is 414. The van der Waals surface area contributed by atoms with Crippen LogP contribution in [-0.2, 0) is 16.0 Å². The zero-order valence-corrected chi connectivity index (χ0v) is 10.2. The summed E-state index contributed by atoms with van der Waals surface area (Å²) in [5.74, 6) is -1.33. The van der Waals surface area contributed by atoms with E-state index in [1.807, 2.05) is 0 Å². The fraction of sp³-hybridized carbons (Fsp3) is 0.500. The Kier molecular flexibility index (Phi) is 3.93. The number of carboxylic acid groups (broad SMARTS) is 1. The van der Waals surface area contributed by atoms with Crippen LogP contribution in [0.1, 0.15) is 43.2 Å². The Morgan fingerprint density at radius 2 is 2.06 bits per heavy atom. The summed E-state index contributed by atoms with van der Waals surface area (Å²) in [5, 5.41) is 8.87. The molecule has 0 radical (unpaired) electrons. The predicted octanol–water partition coefficient (Wildman–Crippen LogP) is 1.99. The lowest BCUT2D eigenvalue weighted by atomic mass is 10.1. The number of nitrogens with one attached hydrogen (secondary N) is 1. The second-order valence-corrected chi connectivity index (χ2v) is 4.76. The highest BCUT2D eigenvalue weighted by Gasteiger charge is 2.17. The molecule has 0 atom stereocenters. The molecule has 0 bridgehead atoms. The van der Waals surface area contributed by atoms with Crippen molar-refractivity contribution < 1.29 is 19.4 Å². The highest BCUT2D eigenvalue weighted by atomic mass is 16.6. The number of carbonyl (C=O) groups is 2. The van der Waals surface area contributed by atoms with Crippen LogP contribution >= 0.6 is 0 Å². The van der Waals surface area contributed by atoms with Gasteiger partial charge in [0, 0.05) is 11.9 Å². The van der Waals surface area contributed by atoms with Crippen molar-refractivity contribution in [3.8, 4) is 0 Å². The molecule has 0 aromatic carbocycles. The summed E-state index contributed by atoms with van der Waals surface area (Å²) in [6.07, 6.45) is 2.05. The molecule has 1 rings (SSSR count). The van der Waals surface area contributed by atoms with E-state index in [-0.39, 0.29) is 18.0 Å². The number of H-pyrrole nitrogens is 1. The van der Waals surface area contributed by atoms with E-state index in [2.05, 4.69) is 4.98 Å². The van der Waals surface area contributed by atoms with Crippen molar-refractivity contribution in [2.75, 3.05) is 0 Å². The first kappa shape index (κ1) is 13.3. The van der Waals surface area contributed by atoms with Gasteiger partial charge in [-0.15, -0.1) is 0 Å². The lowest BCUT2D eigenvalue weighted by Crippen LogP contribution is -2.24. The first-order chi connectivity index (χ1) is 7.79. The quantitative estimate of drug-likeness (QED) is 0.787. The average molecular weight is 239 g/mol. The maximum atomic E-state index is 11.5. The van der Waals surface area contributed by atoms with Crippen molar-refractivity contribution in [1.82, 2.24) is 4.98 Å². The maximum Gasteiger partial charge on any atom is 0.337 e. The summed E-state index contributed by atoms with van der Waals surface area (Å²) in [6, 6.07) is 1.48. The third kappa shape index (κ3) is 4.30. The van der Waals surface area contributed by atoms with Gasteiger partial charge in [-0.1, -0.05) is 0 Å². The summed E-state index contributed by atoms with van der Waals surface area (Å²) in [4.78, 5) is 25.1. The van der Waals surface area contributed by atoms with Crippen molar-refractivity contribution in [1.29, 1.82) is 0 Å². The molecule has 0 aliphatic heterocycles. The van der Waals surface area contributed by atoms with Crippen LogP contribution in [0, 0.1) is 0 Å². The van der Waals surface area contributed by atoms with Gasteiger partial charge in [0.2, 0.25) is 0 Å². The van der Waals surface area contributed by atoms with Gasteiger partial charge in [0.05, 0.1) is 12.0 Å². The molecule has 2 N–H and O–H groups in total. The Morgan fingerprint density at radius 3 is 2.59 bits per heavy atom. The van der Waals surface area contributed by atoms with E-state index >= 15 is 0 Å². The summed E-state index contributed by atoms with van der Waals surface area (Å²) in [7, 11) is 0. The zero-order valence-electron chi connectivity index (χ0n) is 10.2. The van der Waals surface area contributed by atoms with Gasteiger partial charge in [-0.05, 0) is 33.3 Å². The maximum absolute atomic E-state index is 11.5. The first-order valence-corrected chi connectivity index (χ1v) is 5.41. The van der Waals surface area contributed by atoms with Crippen LogP contribution in [0.3, 0.4) is 0 Å². The van der Waals surface area contributed by atoms with E-state index in [1.54, 1.807) is 27.0 Å². The van der Waals surface area contributed by atoms with Crippen LogP contribution in [0.25, 0.3) is 0 Å². The molecule has 17 heavy (non-hydrogen) atoms. The van der Waals surface area contributed by atoms with E-state index in [0.717, 1.165) is 0 Å². The number of carbonyl (C=O) groups excluding carboxylic acids is 1. The van der Waals surface area contributed by atoms with Gasteiger partial charge in [0.25, 0.3) is 0 Å². The van der Waals surface area contributed by atoms with Crippen LogP contribution in [0.5, 0.6) is 0 Å². The molecule has 0 unspecified atom stereocenters. The Labute approximate surface area is 99.8 Å².